The van der Waals surface area contributed by atoms with Crippen molar-refractivity contribution in [1.82, 2.24) is 29.7 Å². The Kier molecular flexibility index (Phi) is 21.1. The van der Waals surface area contributed by atoms with Crippen molar-refractivity contribution in [3.05, 3.63) is 69.3 Å². The largest absolute Gasteiger partial charge is 0.374 e. The number of alkyl halides is 4. The highest BCUT2D eigenvalue weighted by molar-refractivity contribution is 6.18. The molecule has 12 heteroatoms. The van der Waals surface area contributed by atoms with Gasteiger partial charge in [0, 0.05) is 96.1 Å². The van der Waals surface area contributed by atoms with E-state index in [0.717, 1.165) is 139 Å². The number of rotatable bonds is 26. The molecule has 2 aliphatic rings. The summed E-state index contributed by atoms with van der Waals surface area (Å²) in [6.07, 6.45) is 5.42. The monoisotopic (exact) mass is 956 g/mol. The molecule has 354 valence electrons. The van der Waals surface area contributed by atoms with Crippen molar-refractivity contribution in [2.45, 2.75) is 120 Å². The van der Waals surface area contributed by atoms with Gasteiger partial charge in [-0.15, -0.1) is 46.4 Å². The van der Waals surface area contributed by atoms with Crippen LogP contribution in [0.25, 0.3) is 44.4 Å². The number of allylic oxidation sites excluding steroid dienone is 4. The first-order valence-corrected chi connectivity index (χ1v) is 25.9. The Hall–Kier alpha value is -2.40. The van der Waals surface area contributed by atoms with E-state index in [9.17, 15) is 0 Å². The van der Waals surface area contributed by atoms with Gasteiger partial charge in [0.1, 0.15) is 0 Å². The zero-order valence-corrected chi connectivity index (χ0v) is 43.5. The summed E-state index contributed by atoms with van der Waals surface area (Å²) >= 11 is 24.8. The first-order valence-electron chi connectivity index (χ1n) is 23.8. The fraction of sp³-hybridized carbons (Fsp3) is 0.615. The Labute approximate surface area is 404 Å². The number of hydrogen-bond donors (Lipinski definition) is 2. The SMILES string of the molecule is CC1=C(CCCN(CCCl)CCCl)c2cc3nc(cc4[nH]c(cc5[nH]c(cc1n2)c(C)c5C(C)OCCC(C)C)c(C)c4C(C)OCCC(C)C)C(C)=C3CCCN(CCCl)CCCl. The van der Waals surface area contributed by atoms with E-state index in [1.54, 1.807) is 0 Å². The summed E-state index contributed by atoms with van der Waals surface area (Å²) in [7, 11) is 0. The van der Waals surface area contributed by atoms with E-state index in [-0.39, 0.29) is 12.2 Å². The lowest BCUT2D eigenvalue weighted by molar-refractivity contribution is 0.0587. The summed E-state index contributed by atoms with van der Waals surface area (Å²) < 4.78 is 13.2. The minimum atomic E-state index is -0.130. The van der Waals surface area contributed by atoms with Gasteiger partial charge in [-0.25, -0.2) is 9.97 Å². The predicted molar refractivity (Wildman–Crippen MR) is 277 cm³/mol. The molecule has 2 unspecified atom stereocenters. The van der Waals surface area contributed by atoms with E-state index in [0.29, 0.717) is 48.6 Å². The Balaban J connectivity index is 1.79. The van der Waals surface area contributed by atoms with Crippen molar-refractivity contribution in [1.29, 1.82) is 0 Å². The molecule has 8 nitrogen and oxygen atoms in total. The lowest BCUT2D eigenvalue weighted by Crippen LogP contribution is -2.29. The van der Waals surface area contributed by atoms with Crippen LogP contribution in [-0.4, -0.2) is 106 Å². The van der Waals surface area contributed by atoms with Crippen LogP contribution in [0.4, 0.5) is 0 Å². The molecule has 0 aromatic carbocycles. The highest BCUT2D eigenvalue weighted by Gasteiger charge is 2.24. The molecule has 0 spiro atoms. The second-order valence-corrected chi connectivity index (χ2v) is 20.1. The lowest BCUT2D eigenvalue weighted by Gasteiger charge is -2.20. The zero-order valence-electron chi connectivity index (χ0n) is 40.5. The number of aromatic amines is 2. The number of nitrogens with one attached hydrogen (secondary N) is 2. The minimum absolute atomic E-state index is 0.119. The molecule has 5 heterocycles. The van der Waals surface area contributed by atoms with Crippen LogP contribution in [0.5, 0.6) is 0 Å². The summed E-state index contributed by atoms with van der Waals surface area (Å²) in [5, 5.41) is 0. The van der Waals surface area contributed by atoms with Crippen LogP contribution < -0.4 is 0 Å². The van der Waals surface area contributed by atoms with Crippen LogP contribution in [0.1, 0.15) is 151 Å². The maximum absolute atomic E-state index is 6.60. The van der Waals surface area contributed by atoms with Crippen molar-refractivity contribution in [2.75, 3.05) is 76.0 Å². The third-order valence-corrected chi connectivity index (χ3v) is 13.7. The summed E-state index contributed by atoms with van der Waals surface area (Å²) in [6.45, 7) is 28.7. The summed E-state index contributed by atoms with van der Waals surface area (Å²) in [5.74, 6) is 3.45. The van der Waals surface area contributed by atoms with Gasteiger partial charge >= 0.3 is 0 Å². The second-order valence-electron chi connectivity index (χ2n) is 18.6. The molecule has 2 aliphatic heterocycles. The van der Waals surface area contributed by atoms with Crippen LogP contribution >= 0.6 is 46.4 Å². The molecule has 3 aromatic rings. The van der Waals surface area contributed by atoms with Crippen molar-refractivity contribution in [3.63, 3.8) is 0 Å². The first-order chi connectivity index (χ1) is 30.7. The molecule has 0 fully saturated rings. The standard InChI is InChI=1S/C52H76Cl4N6O2/c1-33(2)15-27-63-39(9)51-37(7)45-29-43-35(5)41(13-11-21-61(23-17-53)24-18-54)47(57-43)32-48-42(14-12-22-62(25-19-55)26-20-56)36(6)44(58-48)30-49-52(40(10)64-28-16-34(3)4)38(8)46(60-49)31-50(51)59-45/h29-34,39-40,59-60H,11-28H2,1-10H3. The summed E-state index contributed by atoms with van der Waals surface area (Å²) in [6, 6.07) is 9.00. The van der Waals surface area contributed by atoms with Crippen molar-refractivity contribution in [2.24, 2.45) is 11.8 Å². The number of H-pyrrole nitrogens is 2. The second kappa shape index (κ2) is 25.7. The summed E-state index contributed by atoms with van der Waals surface area (Å²) in [4.78, 5) is 23.4. The van der Waals surface area contributed by atoms with Gasteiger partial charge in [-0.1, -0.05) is 27.7 Å². The topological polar surface area (TPSA) is 82.3 Å². The van der Waals surface area contributed by atoms with Gasteiger partial charge in [-0.3, -0.25) is 0 Å². The molecule has 2 N–H and O–H groups in total. The van der Waals surface area contributed by atoms with Crippen LogP contribution in [0.2, 0.25) is 0 Å². The van der Waals surface area contributed by atoms with Crippen LogP contribution in [0.3, 0.4) is 0 Å². The molecule has 8 bridgehead atoms. The molecule has 0 aliphatic carbocycles. The third-order valence-electron chi connectivity index (χ3n) is 13.0. The minimum Gasteiger partial charge on any atom is -0.374 e. The Morgan fingerprint density at radius 2 is 0.875 bits per heavy atom. The number of nitrogens with zero attached hydrogens (tertiary/aromatic N) is 4. The van der Waals surface area contributed by atoms with Gasteiger partial charge < -0.3 is 29.2 Å². The van der Waals surface area contributed by atoms with Gasteiger partial charge in [0.15, 0.2) is 0 Å². The number of aryl methyl sites for hydroxylation is 2. The number of aromatic nitrogens is 4. The van der Waals surface area contributed by atoms with E-state index >= 15 is 0 Å². The fourth-order valence-corrected chi connectivity index (χ4v) is 10.0. The average Bonchev–Trinajstić information content (AvgIpc) is 3.91. The Morgan fingerprint density at radius 3 is 1.27 bits per heavy atom. The lowest BCUT2D eigenvalue weighted by atomic mass is 9.98. The highest BCUT2D eigenvalue weighted by Crippen LogP contribution is 2.39. The molecule has 0 radical (unpaired) electrons. The Bertz CT molecular complexity index is 2210. The van der Waals surface area contributed by atoms with E-state index in [1.165, 1.54) is 27.9 Å². The maximum atomic E-state index is 6.60. The third kappa shape index (κ3) is 13.8. The van der Waals surface area contributed by atoms with Crippen molar-refractivity contribution in [3.8, 4) is 0 Å². The van der Waals surface area contributed by atoms with Crippen LogP contribution in [0.15, 0.2) is 24.3 Å². The molecule has 0 saturated heterocycles. The maximum Gasteiger partial charge on any atom is 0.0820 e. The van der Waals surface area contributed by atoms with Gasteiger partial charge in [-0.05, 0) is 163 Å². The van der Waals surface area contributed by atoms with Crippen LogP contribution in [0, 0.1) is 25.7 Å². The molecular weight excluding hydrogens is 882 g/mol. The van der Waals surface area contributed by atoms with Gasteiger partial charge in [0.2, 0.25) is 0 Å². The number of halogens is 4. The molecule has 3 aromatic heterocycles. The quantitative estimate of drug-likeness (QED) is 0.0780. The van der Waals surface area contributed by atoms with E-state index in [1.807, 2.05) is 0 Å². The van der Waals surface area contributed by atoms with Crippen molar-refractivity contribution < 1.29 is 9.47 Å². The predicted octanol–water partition coefficient (Wildman–Crippen LogP) is 14.2. The molecule has 0 saturated carbocycles. The first kappa shape index (κ1) is 52.6. The van der Waals surface area contributed by atoms with Crippen molar-refractivity contribution >= 4 is 90.8 Å². The average molecular weight is 959 g/mol. The molecule has 64 heavy (non-hydrogen) atoms. The number of ether oxygens (including phenoxy) is 2. The normalized spacial score (nSPS) is 14.4. The number of fused-ring (bicyclic) bond motifs is 8. The fourth-order valence-electron chi connectivity index (χ4n) is 9.06. The highest BCUT2D eigenvalue weighted by atomic mass is 35.5. The van der Waals surface area contributed by atoms with E-state index in [2.05, 4.69) is 113 Å². The molecule has 5 rings (SSSR count). The van der Waals surface area contributed by atoms with Gasteiger partial charge in [0.25, 0.3) is 0 Å². The number of hydrogen-bond acceptors (Lipinski definition) is 6. The van der Waals surface area contributed by atoms with E-state index in [4.69, 9.17) is 65.8 Å². The van der Waals surface area contributed by atoms with E-state index < -0.39 is 0 Å². The Morgan fingerprint density at radius 1 is 0.500 bits per heavy atom. The zero-order chi connectivity index (χ0) is 46.5. The van der Waals surface area contributed by atoms with Gasteiger partial charge in [0.05, 0.1) is 35.0 Å². The molecular formula is C52H76Cl4N6O2. The van der Waals surface area contributed by atoms with Crippen LogP contribution in [-0.2, 0) is 9.47 Å². The smallest absolute Gasteiger partial charge is 0.0820 e. The molecule has 0 amide bonds. The summed E-state index contributed by atoms with van der Waals surface area (Å²) in [5.41, 5.74) is 17.5. The van der Waals surface area contributed by atoms with Gasteiger partial charge in [-0.2, -0.15) is 0 Å². The molecule has 2 atom stereocenters.